The van der Waals surface area contributed by atoms with Crippen molar-refractivity contribution in [2.45, 2.75) is 33.1 Å². The number of halogens is 1. The molecule has 6 nitrogen and oxygen atoms in total. The molecule has 0 amide bonds. The maximum atomic E-state index is 5.37. The van der Waals surface area contributed by atoms with Crippen LogP contribution >= 0.6 is 24.0 Å². The van der Waals surface area contributed by atoms with Crippen LogP contribution in [0.25, 0.3) is 0 Å². The molecule has 2 rings (SSSR count). The van der Waals surface area contributed by atoms with E-state index in [1.54, 1.807) is 14.2 Å². The third-order valence-electron chi connectivity index (χ3n) is 5.27. The highest BCUT2D eigenvalue weighted by molar-refractivity contribution is 14.0. The Morgan fingerprint density at radius 1 is 1.07 bits per heavy atom. The molecule has 2 N–H and O–H groups in total. The van der Waals surface area contributed by atoms with Crippen LogP contribution in [0.2, 0.25) is 0 Å². The van der Waals surface area contributed by atoms with E-state index in [4.69, 9.17) is 9.47 Å². The summed E-state index contributed by atoms with van der Waals surface area (Å²) in [6.07, 6.45) is 3.39. The van der Waals surface area contributed by atoms with Gasteiger partial charge in [-0.05, 0) is 55.3 Å². The van der Waals surface area contributed by atoms with Crippen LogP contribution in [0.4, 0.5) is 0 Å². The second kappa shape index (κ2) is 13.9. The van der Waals surface area contributed by atoms with Crippen molar-refractivity contribution in [3.05, 3.63) is 23.8 Å². The molecule has 0 aliphatic carbocycles. The van der Waals surface area contributed by atoms with Crippen LogP contribution < -0.4 is 20.1 Å². The molecule has 0 bridgehead atoms. The minimum atomic E-state index is 0. The number of ether oxygens (including phenoxy) is 2. The fraction of sp³-hybridized carbons (Fsp3) is 0.682. The predicted octanol–water partition coefficient (Wildman–Crippen LogP) is 3.40. The average Bonchev–Trinajstić information content (AvgIpc) is 2.68. The van der Waals surface area contributed by atoms with Gasteiger partial charge in [-0.2, -0.15) is 0 Å². The number of guanidine groups is 1. The second-order valence-electron chi connectivity index (χ2n) is 7.92. The molecule has 0 saturated carbocycles. The largest absolute Gasteiger partial charge is 0.493 e. The zero-order valence-electron chi connectivity index (χ0n) is 18.7. The number of aliphatic imine (C=N–C) groups is 1. The van der Waals surface area contributed by atoms with Crippen molar-refractivity contribution in [2.75, 3.05) is 54.0 Å². The molecular weight excluding hydrogens is 479 g/mol. The van der Waals surface area contributed by atoms with Gasteiger partial charge in [0.2, 0.25) is 0 Å². The lowest BCUT2D eigenvalue weighted by atomic mass is 9.92. The van der Waals surface area contributed by atoms with E-state index in [0.717, 1.165) is 61.8 Å². The second-order valence-corrected chi connectivity index (χ2v) is 7.92. The molecule has 0 aromatic heterocycles. The van der Waals surface area contributed by atoms with Gasteiger partial charge in [0, 0.05) is 33.2 Å². The predicted molar refractivity (Wildman–Crippen MR) is 132 cm³/mol. The molecule has 1 heterocycles. The third kappa shape index (κ3) is 8.99. The van der Waals surface area contributed by atoms with Crippen molar-refractivity contribution in [1.29, 1.82) is 0 Å². The lowest BCUT2D eigenvalue weighted by Crippen LogP contribution is -2.42. The van der Waals surface area contributed by atoms with Gasteiger partial charge in [-0.3, -0.25) is 4.99 Å². The number of nitrogens with one attached hydrogen (secondary N) is 2. The summed E-state index contributed by atoms with van der Waals surface area (Å²) in [5.41, 5.74) is 1.20. The highest BCUT2D eigenvalue weighted by Crippen LogP contribution is 2.27. The van der Waals surface area contributed by atoms with E-state index in [1.807, 2.05) is 19.2 Å². The van der Waals surface area contributed by atoms with E-state index < -0.39 is 0 Å². The number of hydrogen-bond donors (Lipinski definition) is 2. The van der Waals surface area contributed by atoms with E-state index in [1.165, 1.54) is 25.1 Å². The Labute approximate surface area is 193 Å². The topological polar surface area (TPSA) is 58.1 Å². The van der Waals surface area contributed by atoms with Crippen molar-refractivity contribution in [1.82, 2.24) is 15.5 Å². The lowest BCUT2D eigenvalue weighted by Gasteiger charge is -2.35. The summed E-state index contributed by atoms with van der Waals surface area (Å²) in [6.45, 7) is 10.1. The molecule has 1 aromatic rings. The van der Waals surface area contributed by atoms with Gasteiger partial charge in [-0.15, -0.1) is 24.0 Å². The Morgan fingerprint density at radius 3 is 2.34 bits per heavy atom. The molecule has 1 aromatic carbocycles. The quantitative estimate of drug-likeness (QED) is 0.227. The molecule has 2 atom stereocenters. The van der Waals surface area contributed by atoms with E-state index in [-0.39, 0.29) is 24.0 Å². The van der Waals surface area contributed by atoms with Gasteiger partial charge in [0.15, 0.2) is 17.5 Å². The molecular formula is C22H39IN4O2. The van der Waals surface area contributed by atoms with E-state index >= 15 is 0 Å². The number of nitrogens with zero attached hydrogens (tertiary/aromatic N) is 2. The number of benzene rings is 1. The molecule has 29 heavy (non-hydrogen) atoms. The molecule has 1 fully saturated rings. The Balaban J connectivity index is 0.00000420. The van der Waals surface area contributed by atoms with Crippen molar-refractivity contribution in [3.63, 3.8) is 0 Å². The fourth-order valence-electron chi connectivity index (χ4n) is 4.07. The lowest BCUT2D eigenvalue weighted by molar-refractivity contribution is 0.140. The van der Waals surface area contributed by atoms with Crippen molar-refractivity contribution >= 4 is 29.9 Å². The van der Waals surface area contributed by atoms with Crippen molar-refractivity contribution in [3.8, 4) is 11.5 Å². The Morgan fingerprint density at radius 2 is 1.72 bits per heavy atom. The van der Waals surface area contributed by atoms with Gasteiger partial charge >= 0.3 is 0 Å². The first-order valence-electron chi connectivity index (χ1n) is 10.4. The minimum absolute atomic E-state index is 0. The number of methoxy groups -OCH3 is 2. The van der Waals surface area contributed by atoms with Gasteiger partial charge in [0.25, 0.3) is 0 Å². The molecule has 0 radical (unpaired) electrons. The third-order valence-corrected chi connectivity index (χ3v) is 5.27. The number of rotatable bonds is 9. The zero-order chi connectivity index (χ0) is 20.4. The fourth-order valence-corrected chi connectivity index (χ4v) is 4.07. The Bertz CT molecular complexity index is 617. The molecule has 1 aliphatic heterocycles. The van der Waals surface area contributed by atoms with Gasteiger partial charge in [-0.25, -0.2) is 0 Å². The molecule has 2 unspecified atom stereocenters. The van der Waals surface area contributed by atoms with Crippen LogP contribution in [-0.4, -0.2) is 64.9 Å². The zero-order valence-corrected chi connectivity index (χ0v) is 21.0. The van der Waals surface area contributed by atoms with Gasteiger partial charge in [0.1, 0.15) is 0 Å². The van der Waals surface area contributed by atoms with Crippen LogP contribution in [-0.2, 0) is 6.42 Å². The summed E-state index contributed by atoms with van der Waals surface area (Å²) in [7, 11) is 5.14. The first-order chi connectivity index (χ1) is 13.5. The first-order valence-corrected chi connectivity index (χ1v) is 10.4. The maximum Gasteiger partial charge on any atom is 0.190 e. The highest BCUT2D eigenvalue weighted by atomic mass is 127. The van der Waals surface area contributed by atoms with E-state index in [9.17, 15) is 0 Å². The SMILES string of the molecule is CN=C(NCCCN1CC(C)CC(C)C1)NCCc1ccc(OC)c(OC)c1.I. The highest BCUT2D eigenvalue weighted by Gasteiger charge is 2.20. The molecule has 166 valence electrons. The number of likely N-dealkylation sites (tertiary alicyclic amines) is 1. The molecule has 1 saturated heterocycles. The van der Waals surface area contributed by atoms with Gasteiger partial charge in [0.05, 0.1) is 14.2 Å². The summed E-state index contributed by atoms with van der Waals surface area (Å²) in [5, 5.41) is 6.82. The van der Waals surface area contributed by atoms with Gasteiger partial charge < -0.3 is 25.0 Å². The number of piperidine rings is 1. The molecule has 1 aliphatic rings. The smallest absolute Gasteiger partial charge is 0.190 e. The number of hydrogen-bond acceptors (Lipinski definition) is 4. The van der Waals surface area contributed by atoms with Crippen LogP contribution in [0, 0.1) is 11.8 Å². The van der Waals surface area contributed by atoms with Crippen molar-refractivity contribution < 1.29 is 9.47 Å². The average molecular weight is 518 g/mol. The maximum absolute atomic E-state index is 5.37. The summed E-state index contributed by atoms with van der Waals surface area (Å²) < 4.78 is 10.7. The van der Waals surface area contributed by atoms with Gasteiger partial charge in [-0.1, -0.05) is 19.9 Å². The molecule has 7 heteroatoms. The van der Waals surface area contributed by atoms with E-state index in [2.05, 4.69) is 40.4 Å². The summed E-state index contributed by atoms with van der Waals surface area (Å²) in [5.74, 6) is 4.03. The summed E-state index contributed by atoms with van der Waals surface area (Å²) >= 11 is 0. The van der Waals surface area contributed by atoms with Crippen molar-refractivity contribution in [2.24, 2.45) is 16.8 Å². The normalized spacial score (nSPS) is 20.0. The van der Waals surface area contributed by atoms with Crippen LogP contribution in [0.5, 0.6) is 11.5 Å². The summed E-state index contributed by atoms with van der Waals surface area (Å²) in [6, 6.07) is 6.04. The van der Waals surface area contributed by atoms with Crippen LogP contribution in [0.1, 0.15) is 32.3 Å². The van der Waals surface area contributed by atoms with Crippen LogP contribution in [0.15, 0.2) is 23.2 Å². The Hall–Kier alpha value is -1.22. The first kappa shape index (κ1) is 25.8. The molecule has 0 spiro atoms. The Kier molecular flexibility index (Phi) is 12.4. The van der Waals surface area contributed by atoms with E-state index in [0.29, 0.717) is 0 Å². The van der Waals surface area contributed by atoms with Crippen LogP contribution in [0.3, 0.4) is 0 Å². The monoisotopic (exact) mass is 518 g/mol. The standard InChI is InChI=1S/C22H38N4O2.HI/c1-17-13-18(2)16-26(15-17)12-6-10-24-22(23-3)25-11-9-19-7-8-20(27-4)21(14-19)28-5;/h7-8,14,17-18H,6,9-13,15-16H2,1-5H3,(H2,23,24,25);1H. The minimum Gasteiger partial charge on any atom is -0.493 e. The summed E-state index contributed by atoms with van der Waals surface area (Å²) in [4.78, 5) is 6.93.